The van der Waals surface area contributed by atoms with E-state index in [-0.39, 0.29) is 0 Å². The molecule has 1 unspecified atom stereocenters. The van der Waals surface area contributed by atoms with Gasteiger partial charge in [-0.1, -0.05) is 6.92 Å². The van der Waals surface area contributed by atoms with Gasteiger partial charge in [0.1, 0.15) is 11.6 Å². The third-order valence-corrected chi connectivity index (χ3v) is 3.45. The summed E-state index contributed by atoms with van der Waals surface area (Å²) in [6, 6.07) is 1.96. The van der Waals surface area contributed by atoms with Crippen LogP contribution in [0.4, 0.5) is 5.82 Å². The molecule has 1 N–H and O–H groups in total. The van der Waals surface area contributed by atoms with Gasteiger partial charge in [0.05, 0.1) is 12.6 Å². The van der Waals surface area contributed by atoms with Crippen LogP contribution in [0.25, 0.3) is 0 Å². The van der Waals surface area contributed by atoms with E-state index in [9.17, 15) is 0 Å². The van der Waals surface area contributed by atoms with E-state index < -0.39 is 0 Å². The fraction of sp³-hybridized carbons (Fsp3) is 0.714. The summed E-state index contributed by atoms with van der Waals surface area (Å²) in [5.41, 5.74) is 1.00. The van der Waals surface area contributed by atoms with E-state index in [0.717, 1.165) is 43.6 Å². The topological polar surface area (TPSA) is 50.3 Å². The van der Waals surface area contributed by atoms with Gasteiger partial charge in [0.2, 0.25) is 0 Å². The van der Waals surface area contributed by atoms with Crippen LogP contribution in [0.3, 0.4) is 0 Å². The lowest BCUT2D eigenvalue weighted by Crippen LogP contribution is -2.32. The molecule has 5 nitrogen and oxygen atoms in total. The third-order valence-electron chi connectivity index (χ3n) is 3.45. The van der Waals surface area contributed by atoms with E-state index in [0.29, 0.717) is 6.10 Å². The smallest absolute Gasteiger partial charge is 0.144 e. The van der Waals surface area contributed by atoms with Crippen LogP contribution in [-0.4, -0.2) is 47.7 Å². The Morgan fingerprint density at radius 1 is 1.47 bits per heavy atom. The van der Waals surface area contributed by atoms with E-state index in [1.807, 2.05) is 20.0 Å². The molecule has 106 valence electrons. The molecule has 1 aliphatic rings. The van der Waals surface area contributed by atoms with Gasteiger partial charge in [-0.05, 0) is 26.3 Å². The van der Waals surface area contributed by atoms with E-state index in [2.05, 4.69) is 27.1 Å². The van der Waals surface area contributed by atoms with Crippen LogP contribution in [0.2, 0.25) is 0 Å². The Hall–Kier alpha value is -1.20. The van der Waals surface area contributed by atoms with Crippen molar-refractivity contribution in [3.05, 3.63) is 17.6 Å². The number of hydrogen-bond donors (Lipinski definition) is 1. The number of likely N-dealkylation sites (N-methyl/N-ethyl adjacent to an activating group) is 1. The lowest BCUT2D eigenvalue weighted by atomic mass is 10.2. The van der Waals surface area contributed by atoms with Gasteiger partial charge in [-0.2, -0.15) is 0 Å². The summed E-state index contributed by atoms with van der Waals surface area (Å²) in [7, 11) is 1.88. The van der Waals surface area contributed by atoms with Crippen LogP contribution >= 0.6 is 0 Å². The maximum absolute atomic E-state index is 5.70. The quantitative estimate of drug-likeness (QED) is 0.849. The summed E-state index contributed by atoms with van der Waals surface area (Å²) < 4.78 is 5.70. The molecule has 0 spiro atoms. The molecule has 2 heterocycles. The molecule has 0 radical (unpaired) electrons. The summed E-state index contributed by atoms with van der Waals surface area (Å²) in [6.07, 6.45) is 2.74. The van der Waals surface area contributed by atoms with Crippen molar-refractivity contribution in [2.75, 3.05) is 32.1 Å². The van der Waals surface area contributed by atoms with Crippen LogP contribution in [0.15, 0.2) is 6.07 Å². The van der Waals surface area contributed by atoms with Gasteiger partial charge in [-0.25, -0.2) is 9.97 Å². The van der Waals surface area contributed by atoms with Crippen LogP contribution in [0, 0.1) is 6.92 Å². The lowest BCUT2D eigenvalue weighted by Gasteiger charge is -2.23. The number of nitrogens with one attached hydrogen (secondary N) is 1. The van der Waals surface area contributed by atoms with Gasteiger partial charge in [-0.3, -0.25) is 4.90 Å². The first-order valence-electron chi connectivity index (χ1n) is 7.07. The summed E-state index contributed by atoms with van der Waals surface area (Å²) in [5.74, 6) is 1.76. The zero-order valence-corrected chi connectivity index (χ0v) is 12.1. The van der Waals surface area contributed by atoms with Crippen LogP contribution in [0.1, 0.15) is 31.3 Å². The molecule has 0 saturated carbocycles. The molecular weight excluding hydrogens is 240 g/mol. The van der Waals surface area contributed by atoms with Gasteiger partial charge < -0.3 is 10.1 Å². The summed E-state index contributed by atoms with van der Waals surface area (Å²) in [6.45, 7) is 7.83. The average molecular weight is 264 g/mol. The Labute approximate surface area is 115 Å². The number of aryl methyl sites for hydroxylation is 1. The number of hydrogen-bond acceptors (Lipinski definition) is 5. The van der Waals surface area contributed by atoms with Crippen molar-refractivity contribution < 1.29 is 4.74 Å². The zero-order chi connectivity index (χ0) is 13.7. The monoisotopic (exact) mass is 264 g/mol. The van der Waals surface area contributed by atoms with E-state index in [1.54, 1.807) is 0 Å². The molecule has 0 aliphatic carbocycles. The van der Waals surface area contributed by atoms with Crippen molar-refractivity contribution in [1.82, 2.24) is 14.9 Å². The molecule has 0 aromatic carbocycles. The highest BCUT2D eigenvalue weighted by atomic mass is 16.5. The van der Waals surface area contributed by atoms with Crippen LogP contribution < -0.4 is 5.32 Å². The van der Waals surface area contributed by atoms with Gasteiger partial charge in [0, 0.05) is 32.0 Å². The molecule has 1 aliphatic heterocycles. The molecule has 1 aromatic rings. The first kappa shape index (κ1) is 14.2. The van der Waals surface area contributed by atoms with Crippen molar-refractivity contribution in [2.24, 2.45) is 0 Å². The van der Waals surface area contributed by atoms with Gasteiger partial charge in [0.15, 0.2) is 0 Å². The molecule has 0 bridgehead atoms. The number of nitrogens with zero attached hydrogens (tertiary/aromatic N) is 3. The molecular formula is C14H24N4O. The number of ether oxygens (including phenoxy) is 1. The largest absolute Gasteiger partial charge is 0.377 e. The molecule has 19 heavy (non-hydrogen) atoms. The van der Waals surface area contributed by atoms with Crippen LogP contribution in [-0.2, 0) is 11.3 Å². The first-order valence-corrected chi connectivity index (χ1v) is 7.07. The Balaban J connectivity index is 1.98. The molecule has 1 atom stereocenters. The van der Waals surface area contributed by atoms with E-state index in [1.165, 1.54) is 12.8 Å². The predicted octanol–water partition coefficient (Wildman–Crippen LogP) is 1.83. The number of aromatic nitrogens is 2. The fourth-order valence-electron chi connectivity index (χ4n) is 2.41. The second-order valence-electron chi connectivity index (χ2n) is 5.02. The van der Waals surface area contributed by atoms with Gasteiger partial charge in [-0.15, -0.1) is 0 Å². The highest BCUT2D eigenvalue weighted by Crippen LogP contribution is 2.14. The first-order chi connectivity index (χ1) is 9.21. The average Bonchev–Trinajstić information content (AvgIpc) is 2.90. The van der Waals surface area contributed by atoms with E-state index in [4.69, 9.17) is 4.74 Å². The highest BCUT2D eigenvalue weighted by Gasteiger charge is 2.19. The molecule has 1 saturated heterocycles. The maximum Gasteiger partial charge on any atom is 0.144 e. The second-order valence-corrected chi connectivity index (χ2v) is 5.02. The fourth-order valence-corrected chi connectivity index (χ4v) is 2.41. The molecule has 1 aromatic heterocycles. The minimum atomic E-state index is 0.383. The molecule has 2 rings (SSSR count). The summed E-state index contributed by atoms with van der Waals surface area (Å²) in [4.78, 5) is 11.4. The highest BCUT2D eigenvalue weighted by molar-refractivity contribution is 5.34. The Morgan fingerprint density at radius 2 is 2.32 bits per heavy atom. The minimum absolute atomic E-state index is 0.383. The third kappa shape index (κ3) is 4.14. The molecule has 1 fully saturated rings. The van der Waals surface area contributed by atoms with Crippen molar-refractivity contribution >= 4 is 5.82 Å². The van der Waals surface area contributed by atoms with E-state index >= 15 is 0 Å². The SMILES string of the molecule is CCN(Cc1nc(C)cc(NC)n1)CC1CCCO1. The lowest BCUT2D eigenvalue weighted by molar-refractivity contribution is 0.0716. The zero-order valence-electron chi connectivity index (χ0n) is 12.1. The standard InChI is InChI=1S/C14H24N4O/c1-4-18(9-12-6-5-7-19-12)10-14-16-11(2)8-13(15-3)17-14/h8,12H,4-7,9-10H2,1-3H3,(H,15,16,17). The Bertz CT molecular complexity index is 404. The molecule has 0 amide bonds. The van der Waals surface area contributed by atoms with Gasteiger partial charge in [0.25, 0.3) is 0 Å². The number of anilines is 1. The van der Waals surface area contributed by atoms with Crippen molar-refractivity contribution in [1.29, 1.82) is 0 Å². The normalized spacial score (nSPS) is 19.1. The van der Waals surface area contributed by atoms with Crippen molar-refractivity contribution in [3.8, 4) is 0 Å². The molecule has 5 heteroatoms. The Kier molecular flexibility index (Phi) is 5.10. The van der Waals surface area contributed by atoms with Crippen molar-refractivity contribution in [3.63, 3.8) is 0 Å². The predicted molar refractivity (Wildman–Crippen MR) is 76.2 cm³/mol. The summed E-state index contributed by atoms with van der Waals surface area (Å²) >= 11 is 0. The maximum atomic E-state index is 5.70. The minimum Gasteiger partial charge on any atom is -0.377 e. The van der Waals surface area contributed by atoms with Gasteiger partial charge >= 0.3 is 0 Å². The van der Waals surface area contributed by atoms with Crippen LogP contribution in [0.5, 0.6) is 0 Å². The summed E-state index contributed by atoms with van der Waals surface area (Å²) in [5, 5.41) is 3.08. The van der Waals surface area contributed by atoms with Crippen molar-refractivity contribution in [2.45, 2.75) is 39.3 Å². The number of rotatable bonds is 6. The second kappa shape index (κ2) is 6.82. The Morgan fingerprint density at radius 3 is 2.95 bits per heavy atom.